The molecule has 4 rings (SSSR count). The Morgan fingerprint density at radius 1 is 1.25 bits per heavy atom. The second-order valence-electron chi connectivity index (χ2n) is 5.63. The van der Waals surface area contributed by atoms with Crippen LogP contribution in [0.4, 0.5) is 5.82 Å². The molecule has 2 aromatic heterocycles. The summed E-state index contributed by atoms with van der Waals surface area (Å²) in [7, 11) is 1.73. The zero-order valence-electron chi connectivity index (χ0n) is 12.9. The average molecular weight is 342 g/mol. The van der Waals surface area contributed by atoms with Gasteiger partial charge in [0.1, 0.15) is 5.82 Å². The van der Waals surface area contributed by atoms with Gasteiger partial charge in [-0.15, -0.1) is 10.2 Å². The fourth-order valence-corrected chi connectivity index (χ4v) is 3.46. The first-order valence-electron chi connectivity index (χ1n) is 7.49. The van der Waals surface area contributed by atoms with Gasteiger partial charge in [-0.05, 0) is 46.6 Å². The summed E-state index contributed by atoms with van der Waals surface area (Å²) in [6.07, 6.45) is 3.63. The van der Waals surface area contributed by atoms with Crippen LogP contribution in [0.25, 0.3) is 5.69 Å². The predicted molar refractivity (Wildman–Crippen MR) is 87.3 cm³/mol. The summed E-state index contributed by atoms with van der Waals surface area (Å²) in [6.45, 7) is 0. The minimum Gasteiger partial charge on any atom is -0.358 e. The lowest BCUT2D eigenvalue weighted by molar-refractivity contribution is -0.392. The maximum absolute atomic E-state index is 11.2. The van der Waals surface area contributed by atoms with Crippen molar-refractivity contribution in [2.75, 3.05) is 0 Å². The Bertz CT molecular complexity index is 900. The highest BCUT2D eigenvalue weighted by Gasteiger charge is 2.32. The second kappa shape index (κ2) is 5.75. The summed E-state index contributed by atoms with van der Waals surface area (Å²) in [4.78, 5) is 14.6. The molecule has 0 N–H and O–H groups in total. The minimum absolute atomic E-state index is 0.168. The number of aromatic nitrogens is 5. The van der Waals surface area contributed by atoms with Crippen LogP contribution in [0.3, 0.4) is 0 Å². The topological polar surface area (TPSA) is 91.7 Å². The highest BCUT2D eigenvalue weighted by molar-refractivity contribution is 7.99. The second-order valence-corrected chi connectivity index (χ2v) is 6.59. The van der Waals surface area contributed by atoms with Crippen molar-refractivity contribution in [3.63, 3.8) is 0 Å². The Hall–Kier alpha value is -2.68. The summed E-state index contributed by atoms with van der Waals surface area (Å²) in [5.74, 6) is 1.15. The molecule has 0 spiro atoms. The van der Waals surface area contributed by atoms with Crippen LogP contribution in [0.2, 0.25) is 0 Å². The number of nitrogens with zero attached hydrogens (tertiary/aromatic N) is 6. The van der Waals surface area contributed by atoms with Crippen LogP contribution in [0.5, 0.6) is 0 Å². The van der Waals surface area contributed by atoms with Crippen LogP contribution in [0.1, 0.15) is 24.6 Å². The van der Waals surface area contributed by atoms with E-state index in [-0.39, 0.29) is 5.82 Å². The van der Waals surface area contributed by atoms with Crippen LogP contribution in [-0.4, -0.2) is 29.2 Å². The fraction of sp³-hybridized carbons (Fsp3) is 0.267. The third-order valence-electron chi connectivity index (χ3n) is 3.84. The van der Waals surface area contributed by atoms with E-state index < -0.39 is 4.92 Å². The van der Waals surface area contributed by atoms with E-state index in [9.17, 15) is 10.1 Å². The summed E-state index contributed by atoms with van der Waals surface area (Å²) >= 11 is 1.21. The molecule has 1 aliphatic rings. The van der Waals surface area contributed by atoms with Crippen molar-refractivity contribution in [1.82, 2.24) is 24.3 Å². The lowest BCUT2D eigenvalue weighted by Crippen LogP contribution is -2.02. The largest absolute Gasteiger partial charge is 0.396 e. The first kappa shape index (κ1) is 14.9. The molecule has 0 saturated heterocycles. The lowest BCUT2D eigenvalue weighted by atomic mass is 10.3. The maximum Gasteiger partial charge on any atom is 0.396 e. The van der Waals surface area contributed by atoms with Gasteiger partial charge < -0.3 is 14.7 Å². The Morgan fingerprint density at radius 2 is 2.00 bits per heavy atom. The zero-order valence-corrected chi connectivity index (χ0v) is 13.7. The zero-order chi connectivity index (χ0) is 16.7. The van der Waals surface area contributed by atoms with Gasteiger partial charge in [-0.3, -0.25) is 4.57 Å². The van der Waals surface area contributed by atoms with Gasteiger partial charge in [0, 0.05) is 18.7 Å². The number of para-hydroxylation sites is 1. The van der Waals surface area contributed by atoms with E-state index in [4.69, 9.17) is 0 Å². The first-order chi connectivity index (χ1) is 11.6. The number of hydrogen-bond acceptors (Lipinski definition) is 6. The van der Waals surface area contributed by atoms with Gasteiger partial charge in [-0.25, -0.2) is 0 Å². The van der Waals surface area contributed by atoms with Gasteiger partial charge in [-0.2, -0.15) is 0 Å². The van der Waals surface area contributed by atoms with Crippen molar-refractivity contribution < 1.29 is 4.92 Å². The Labute approximate surface area is 141 Å². The number of aryl methyl sites for hydroxylation is 1. The molecule has 122 valence electrons. The average Bonchev–Trinajstić information content (AvgIpc) is 3.24. The number of nitro groups is 1. The summed E-state index contributed by atoms with van der Waals surface area (Å²) in [5, 5.41) is 20.8. The highest BCUT2D eigenvalue weighted by atomic mass is 32.2. The maximum atomic E-state index is 11.2. The molecule has 9 heteroatoms. The molecule has 1 aliphatic carbocycles. The standard InChI is InChI=1S/C15H14N6O2S/c1-19-9-16-13(21(22)23)14(19)24-15-18-17-12(10-7-8-10)20(15)11-5-3-2-4-6-11/h2-6,9-10H,7-8H2,1H3. The highest BCUT2D eigenvalue weighted by Crippen LogP contribution is 2.42. The molecule has 1 fully saturated rings. The molecule has 0 atom stereocenters. The quantitative estimate of drug-likeness (QED) is 0.523. The van der Waals surface area contributed by atoms with Crippen molar-refractivity contribution in [3.8, 4) is 5.69 Å². The third kappa shape index (κ3) is 2.56. The van der Waals surface area contributed by atoms with Gasteiger partial charge in [0.25, 0.3) is 0 Å². The molecule has 1 saturated carbocycles. The Morgan fingerprint density at radius 3 is 2.67 bits per heavy atom. The van der Waals surface area contributed by atoms with E-state index >= 15 is 0 Å². The molecule has 1 aromatic carbocycles. The SMILES string of the molecule is Cn1cnc([N+](=O)[O-])c1Sc1nnc(C2CC2)n1-c1ccccc1. The van der Waals surface area contributed by atoms with Gasteiger partial charge >= 0.3 is 5.82 Å². The van der Waals surface area contributed by atoms with Gasteiger partial charge in [0.15, 0.2) is 5.03 Å². The van der Waals surface area contributed by atoms with Crippen LogP contribution >= 0.6 is 11.8 Å². The van der Waals surface area contributed by atoms with Crippen LogP contribution < -0.4 is 0 Å². The van der Waals surface area contributed by atoms with E-state index in [1.165, 1.54) is 18.1 Å². The predicted octanol–water partition coefficient (Wildman–Crippen LogP) is 2.94. The molecule has 0 unspecified atom stereocenters. The molecular weight excluding hydrogens is 328 g/mol. The molecule has 3 aromatic rings. The molecule has 8 nitrogen and oxygen atoms in total. The third-order valence-corrected chi connectivity index (χ3v) is 4.95. The van der Waals surface area contributed by atoms with E-state index in [0.29, 0.717) is 16.1 Å². The Kier molecular flexibility index (Phi) is 3.57. The molecule has 24 heavy (non-hydrogen) atoms. The van der Waals surface area contributed by atoms with E-state index in [1.54, 1.807) is 11.6 Å². The first-order valence-corrected chi connectivity index (χ1v) is 8.31. The number of rotatable bonds is 5. The molecule has 0 radical (unpaired) electrons. The Balaban J connectivity index is 1.80. The van der Waals surface area contributed by atoms with Gasteiger partial charge in [-0.1, -0.05) is 18.2 Å². The van der Waals surface area contributed by atoms with Crippen LogP contribution in [-0.2, 0) is 7.05 Å². The number of hydrogen-bond donors (Lipinski definition) is 0. The summed E-state index contributed by atoms with van der Waals surface area (Å²) in [5.41, 5.74) is 0.955. The molecule has 2 heterocycles. The smallest absolute Gasteiger partial charge is 0.358 e. The van der Waals surface area contributed by atoms with Crippen molar-refractivity contribution in [2.45, 2.75) is 28.9 Å². The normalized spacial score (nSPS) is 14.0. The number of benzene rings is 1. The number of imidazole rings is 1. The van der Waals surface area contributed by atoms with Crippen LogP contribution in [0, 0.1) is 10.1 Å². The van der Waals surface area contributed by atoms with Crippen LogP contribution in [0.15, 0.2) is 46.8 Å². The monoisotopic (exact) mass is 342 g/mol. The van der Waals surface area contributed by atoms with Crippen molar-refractivity contribution in [3.05, 3.63) is 52.6 Å². The molecular formula is C15H14N6O2S. The van der Waals surface area contributed by atoms with E-state index in [2.05, 4.69) is 15.2 Å². The molecule has 0 aliphatic heterocycles. The summed E-state index contributed by atoms with van der Waals surface area (Å²) < 4.78 is 3.61. The minimum atomic E-state index is -0.479. The fourth-order valence-electron chi connectivity index (χ4n) is 2.51. The van der Waals surface area contributed by atoms with E-state index in [0.717, 1.165) is 24.4 Å². The van der Waals surface area contributed by atoms with Crippen molar-refractivity contribution in [1.29, 1.82) is 0 Å². The van der Waals surface area contributed by atoms with Crippen molar-refractivity contribution in [2.24, 2.45) is 7.05 Å². The van der Waals surface area contributed by atoms with Crippen molar-refractivity contribution >= 4 is 17.6 Å². The molecule has 0 bridgehead atoms. The summed E-state index contributed by atoms with van der Waals surface area (Å²) in [6, 6.07) is 9.82. The lowest BCUT2D eigenvalue weighted by Gasteiger charge is -2.09. The molecule has 0 amide bonds. The van der Waals surface area contributed by atoms with E-state index in [1.807, 2.05) is 34.9 Å². The van der Waals surface area contributed by atoms with Gasteiger partial charge in [0.05, 0.1) is 0 Å². The van der Waals surface area contributed by atoms with Gasteiger partial charge in [0.2, 0.25) is 11.5 Å².